The summed E-state index contributed by atoms with van der Waals surface area (Å²) in [6.07, 6.45) is 14.9. The van der Waals surface area contributed by atoms with Crippen molar-refractivity contribution in [2.75, 3.05) is 0 Å². The summed E-state index contributed by atoms with van der Waals surface area (Å²) < 4.78 is 0. The predicted molar refractivity (Wildman–Crippen MR) is 274 cm³/mol. The highest BCUT2D eigenvalue weighted by molar-refractivity contribution is 5.89. The maximum absolute atomic E-state index is 12.8. The van der Waals surface area contributed by atoms with Crippen molar-refractivity contribution in [2.45, 2.75) is 168 Å². The zero-order chi connectivity index (χ0) is 46.3. The summed E-state index contributed by atoms with van der Waals surface area (Å²) in [6.45, 7) is 23.7. The second-order valence-electron chi connectivity index (χ2n) is 27.1. The Bertz CT molecular complexity index is 2500. The molecule has 1 heterocycles. The van der Waals surface area contributed by atoms with Gasteiger partial charge in [0.05, 0.1) is 11.4 Å². The van der Waals surface area contributed by atoms with Gasteiger partial charge in [-0.1, -0.05) is 136 Å². The van der Waals surface area contributed by atoms with Crippen molar-refractivity contribution >= 4 is 0 Å². The third-order valence-electron chi connectivity index (χ3n) is 18.5. The van der Waals surface area contributed by atoms with Gasteiger partial charge in [0.15, 0.2) is 0 Å². The number of rotatable bonds is 10. The summed E-state index contributed by atoms with van der Waals surface area (Å²) in [7, 11) is 0. The highest BCUT2D eigenvalue weighted by Gasteiger charge is 2.59. The molecule has 346 valence electrons. The smallest absolute Gasteiger partial charge is 0.127 e. The molecule has 66 heavy (non-hydrogen) atoms. The van der Waals surface area contributed by atoms with Crippen LogP contribution in [0.4, 0.5) is 0 Å². The van der Waals surface area contributed by atoms with Gasteiger partial charge in [-0.3, -0.25) is 0 Å². The van der Waals surface area contributed by atoms with Gasteiger partial charge in [-0.15, -0.1) is 0 Å². The zero-order valence-corrected chi connectivity index (χ0v) is 42.0. The molecule has 0 saturated heterocycles. The third kappa shape index (κ3) is 7.47. The molecule has 0 radical (unpaired) electrons. The number of phenolic OH excluding ortho intramolecular Hbond substituents is 2. The number of phenols is 2. The topological polar surface area (TPSA) is 53.4 Å². The average Bonchev–Trinajstić information content (AvgIpc) is 3.87. The van der Waals surface area contributed by atoms with E-state index in [0.29, 0.717) is 11.5 Å². The van der Waals surface area contributed by atoms with Gasteiger partial charge in [-0.05, 0) is 192 Å². The SMILES string of the molecule is CC(C)(C)CC(C)(C)c1cc(-c2ccccc2-c2cccc(-c3ccccc3-c3cc(C(C)(C)CC(C)(C)C)cc(C45CC6CC(C4)C(C6)C5)c3O)n2)c(O)c(C23CC4CC(C2)C(C4)C3)c1. The molecule has 0 aliphatic heterocycles. The van der Waals surface area contributed by atoms with E-state index in [9.17, 15) is 10.2 Å². The van der Waals surface area contributed by atoms with E-state index in [1.165, 1.54) is 86.5 Å². The van der Waals surface area contributed by atoms with Crippen LogP contribution in [0.25, 0.3) is 44.8 Å². The number of aromatic hydroxyl groups is 2. The monoisotopic (exact) mass is 880 g/mol. The van der Waals surface area contributed by atoms with Crippen molar-refractivity contribution in [2.24, 2.45) is 46.3 Å². The van der Waals surface area contributed by atoms with Crippen LogP contribution in [-0.2, 0) is 21.7 Å². The van der Waals surface area contributed by atoms with E-state index in [1.54, 1.807) is 0 Å². The van der Waals surface area contributed by atoms with Gasteiger partial charge in [0.1, 0.15) is 11.5 Å². The fourth-order valence-electron chi connectivity index (χ4n) is 17.0. The van der Waals surface area contributed by atoms with Crippen molar-refractivity contribution in [3.05, 3.63) is 113 Å². The first-order valence-corrected chi connectivity index (χ1v) is 26.0. The highest BCUT2D eigenvalue weighted by atomic mass is 16.3. The van der Waals surface area contributed by atoms with Crippen molar-refractivity contribution in [3.63, 3.8) is 0 Å². The van der Waals surface area contributed by atoms with Crippen LogP contribution in [0.1, 0.15) is 169 Å². The predicted octanol–water partition coefficient (Wildman–Crippen LogP) is 16.7. The molecule has 8 saturated carbocycles. The molecule has 5 aromatic rings. The van der Waals surface area contributed by atoms with Crippen LogP contribution in [0, 0.1) is 46.3 Å². The lowest BCUT2D eigenvalue weighted by Gasteiger charge is -2.41. The first kappa shape index (κ1) is 44.2. The minimum atomic E-state index is -0.0837. The Morgan fingerprint density at radius 2 is 0.788 bits per heavy atom. The highest BCUT2D eigenvalue weighted by Crippen LogP contribution is 2.68. The largest absolute Gasteiger partial charge is 0.507 e. The van der Waals surface area contributed by atoms with Gasteiger partial charge in [0, 0.05) is 33.4 Å². The van der Waals surface area contributed by atoms with Gasteiger partial charge >= 0.3 is 0 Å². The molecule has 4 unspecified atom stereocenters. The second-order valence-corrected chi connectivity index (χ2v) is 27.1. The maximum atomic E-state index is 12.8. The second kappa shape index (κ2) is 15.1. The van der Waals surface area contributed by atoms with Gasteiger partial charge in [0.2, 0.25) is 0 Å². The Kier molecular flexibility index (Phi) is 10.1. The van der Waals surface area contributed by atoms with Crippen LogP contribution in [0.3, 0.4) is 0 Å². The molecule has 2 N–H and O–H groups in total. The fourth-order valence-corrected chi connectivity index (χ4v) is 17.0. The summed E-state index contributed by atoms with van der Waals surface area (Å²) >= 11 is 0. The van der Waals surface area contributed by atoms with E-state index in [1.807, 2.05) is 0 Å². The summed E-state index contributed by atoms with van der Waals surface area (Å²) in [5.74, 6) is 5.75. The first-order valence-electron chi connectivity index (χ1n) is 26.0. The number of aromatic nitrogens is 1. The first-order chi connectivity index (χ1) is 31.1. The lowest BCUT2D eigenvalue weighted by Crippen LogP contribution is -2.32. The Labute approximate surface area is 397 Å². The lowest BCUT2D eigenvalue weighted by atomic mass is 9.63. The molecule has 4 atom stereocenters. The normalized spacial score (nSPS) is 28.8. The number of benzene rings is 4. The molecule has 8 aliphatic carbocycles. The molecule has 8 fully saturated rings. The van der Waals surface area contributed by atoms with Crippen LogP contribution in [0.15, 0.2) is 91.0 Å². The molecule has 0 spiro atoms. The van der Waals surface area contributed by atoms with E-state index in [2.05, 4.69) is 160 Å². The van der Waals surface area contributed by atoms with Gasteiger partial charge in [-0.25, -0.2) is 4.98 Å². The molecule has 8 aliphatic rings. The van der Waals surface area contributed by atoms with Gasteiger partial charge in [0.25, 0.3) is 0 Å². The maximum Gasteiger partial charge on any atom is 0.127 e. The van der Waals surface area contributed by atoms with Crippen LogP contribution in [0.2, 0.25) is 0 Å². The molecule has 13 rings (SSSR count). The minimum Gasteiger partial charge on any atom is -0.507 e. The molecule has 0 amide bonds. The van der Waals surface area contributed by atoms with Crippen molar-refractivity contribution in [1.29, 1.82) is 0 Å². The van der Waals surface area contributed by atoms with E-state index in [4.69, 9.17) is 4.98 Å². The van der Waals surface area contributed by atoms with Crippen LogP contribution in [0.5, 0.6) is 11.5 Å². The van der Waals surface area contributed by atoms with Crippen LogP contribution in [-0.4, -0.2) is 15.2 Å². The number of pyridine rings is 1. The quantitative estimate of drug-likeness (QED) is 0.147. The van der Waals surface area contributed by atoms with E-state index < -0.39 is 0 Å². The molecule has 8 bridgehead atoms. The molecule has 1 aromatic heterocycles. The number of hydrogen-bond acceptors (Lipinski definition) is 3. The standard InChI is InChI=1S/C63H77NO2/c1-58(2,3)36-60(7,8)44-26-50(56(65)52(28-44)62-30-38-22-40(32-62)41(23-38)33-62)46-16-11-13-18-48(46)54-20-15-21-55(64-54)49-19-14-12-17-47(49)51-27-45(61(9,10)37-59(4,5)6)29-53(57(51)66)63-31-39-24-42(34-63)43(25-39)35-63/h11-21,26-29,38-43,65-66H,22-25,30-37H2,1-10H3. The average molecular weight is 880 g/mol. The molecule has 3 nitrogen and oxygen atoms in total. The lowest BCUT2D eigenvalue weighted by molar-refractivity contribution is 0.223. The van der Waals surface area contributed by atoms with E-state index in [0.717, 1.165) is 93.1 Å². The Morgan fingerprint density at radius 1 is 0.439 bits per heavy atom. The van der Waals surface area contributed by atoms with Gasteiger partial charge < -0.3 is 10.2 Å². The third-order valence-corrected chi connectivity index (χ3v) is 18.5. The zero-order valence-electron chi connectivity index (χ0n) is 42.0. The van der Waals surface area contributed by atoms with Crippen molar-refractivity contribution in [1.82, 2.24) is 4.98 Å². The number of nitrogens with zero attached hydrogens (tertiary/aromatic N) is 1. The number of hydrogen-bond donors (Lipinski definition) is 2. The summed E-state index contributed by atoms with van der Waals surface area (Å²) in [4.78, 5) is 5.55. The van der Waals surface area contributed by atoms with Crippen molar-refractivity contribution < 1.29 is 10.2 Å². The van der Waals surface area contributed by atoms with Crippen LogP contribution >= 0.6 is 0 Å². The van der Waals surface area contributed by atoms with Crippen LogP contribution < -0.4 is 0 Å². The van der Waals surface area contributed by atoms with E-state index >= 15 is 0 Å². The fraction of sp³-hybridized carbons (Fsp3) is 0.540. The Balaban J connectivity index is 1.03. The Hall–Kier alpha value is -4.37. The van der Waals surface area contributed by atoms with E-state index in [-0.39, 0.29) is 32.5 Å². The van der Waals surface area contributed by atoms with Gasteiger partial charge in [-0.2, -0.15) is 0 Å². The molecule has 4 aromatic carbocycles. The summed E-state index contributed by atoms with van der Waals surface area (Å²) in [5.41, 5.74) is 13.1. The molecular weight excluding hydrogens is 803 g/mol. The van der Waals surface area contributed by atoms with Crippen molar-refractivity contribution in [3.8, 4) is 56.3 Å². The summed E-state index contributed by atoms with van der Waals surface area (Å²) in [5, 5.41) is 25.6. The molecular formula is C63H77NO2. The molecule has 3 heteroatoms. The summed E-state index contributed by atoms with van der Waals surface area (Å²) in [6, 6.07) is 33.2. The Morgan fingerprint density at radius 3 is 1.12 bits per heavy atom. The minimum absolute atomic E-state index is 0.0567.